The molecule has 0 radical (unpaired) electrons. The van der Waals surface area contributed by atoms with Gasteiger partial charge in [-0.05, 0) is 12.3 Å². The van der Waals surface area contributed by atoms with Gasteiger partial charge in [0.2, 0.25) is 5.75 Å². The van der Waals surface area contributed by atoms with Gasteiger partial charge < -0.3 is 28.7 Å². The third-order valence-electron chi connectivity index (χ3n) is 5.24. The topological polar surface area (TPSA) is 60.5 Å². The van der Waals surface area contributed by atoms with Gasteiger partial charge in [0, 0.05) is 50.6 Å². The molecule has 0 spiro atoms. The molecule has 0 N–H and O–H groups in total. The molecule has 1 aromatic carbocycles. The summed E-state index contributed by atoms with van der Waals surface area (Å²) >= 11 is 0. The molecule has 2 fully saturated rings. The Hall–Kier alpha value is -2.15. The van der Waals surface area contributed by atoms with Crippen molar-refractivity contribution in [3.63, 3.8) is 0 Å². The Balaban J connectivity index is 1.69. The molecule has 2 heterocycles. The van der Waals surface area contributed by atoms with Crippen molar-refractivity contribution in [1.82, 2.24) is 4.90 Å². The molecule has 2 atom stereocenters. The molecule has 2 aliphatic heterocycles. The van der Waals surface area contributed by atoms with E-state index < -0.39 is 0 Å². The van der Waals surface area contributed by atoms with Crippen LogP contribution < -0.4 is 19.1 Å². The summed E-state index contributed by atoms with van der Waals surface area (Å²) in [5, 5.41) is 0. The van der Waals surface area contributed by atoms with E-state index in [1.807, 2.05) is 17.0 Å². The van der Waals surface area contributed by atoms with Crippen molar-refractivity contribution in [3.8, 4) is 17.2 Å². The number of anilines is 1. The van der Waals surface area contributed by atoms with Crippen LogP contribution in [0.15, 0.2) is 12.1 Å². The monoisotopic (exact) mass is 364 g/mol. The van der Waals surface area contributed by atoms with Crippen LogP contribution in [0.2, 0.25) is 0 Å². The first-order chi connectivity index (χ1) is 12.6. The first-order valence-corrected chi connectivity index (χ1v) is 9.04. The van der Waals surface area contributed by atoms with Crippen LogP contribution in [-0.4, -0.2) is 71.0 Å². The third-order valence-corrected chi connectivity index (χ3v) is 5.24. The first-order valence-electron chi connectivity index (χ1n) is 9.04. The molecule has 0 aliphatic carbocycles. The van der Waals surface area contributed by atoms with Crippen LogP contribution in [0.25, 0.3) is 0 Å². The summed E-state index contributed by atoms with van der Waals surface area (Å²) in [6, 6.07) is 3.89. The van der Waals surface area contributed by atoms with Crippen molar-refractivity contribution in [3.05, 3.63) is 12.1 Å². The second-order valence-electron chi connectivity index (χ2n) is 6.75. The maximum atomic E-state index is 12.7. The molecule has 1 amide bonds. The standard InChI is InChI=1S/C19H28N2O5/c1-13-5-10-26-17(13)19(22)21-8-6-20(7-9-21)14-11-15(23-2)18(25-4)16(12-14)24-3/h11-13,17H,5-10H2,1-4H3/t13-,17+/m1/s1. The van der Waals surface area contributed by atoms with Gasteiger partial charge in [-0.15, -0.1) is 0 Å². The lowest BCUT2D eigenvalue weighted by Crippen LogP contribution is -2.52. The molecule has 26 heavy (non-hydrogen) atoms. The zero-order valence-electron chi connectivity index (χ0n) is 16.0. The molecule has 7 heteroatoms. The van der Waals surface area contributed by atoms with Crippen LogP contribution in [0.1, 0.15) is 13.3 Å². The largest absolute Gasteiger partial charge is 0.493 e. The fourth-order valence-corrected chi connectivity index (χ4v) is 3.63. The fraction of sp³-hybridized carbons (Fsp3) is 0.632. The number of hydrogen-bond donors (Lipinski definition) is 0. The van der Waals surface area contributed by atoms with E-state index in [2.05, 4.69) is 11.8 Å². The van der Waals surface area contributed by atoms with Crippen molar-refractivity contribution in [2.75, 3.05) is 59.0 Å². The van der Waals surface area contributed by atoms with E-state index in [-0.39, 0.29) is 12.0 Å². The van der Waals surface area contributed by atoms with Crippen LogP contribution in [0.3, 0.4) is 0 Å². The van der Waals surface area contributed by atoms with Crippen LogP contribution in [-0.2, 0) is 9.53 Å². The Morgan fingerprint density at radius 1 is 1.04 bits per heavy atom. The van der Waals surface area contributed by atoms with Gasteiger partial charge in [0.25, 0.3) is 5.91 Å². The van der Waals surface area contributed by atoms with E-state index in [0.717, 1.165) is 25.2 Å². The van der Waals surface area contributed by atoms with Gasteiger partial charge in [-0.3, -0.25) is 4.79 Å². The molecule has 2 aliphatic rings. The Labute approximate surface area is 154 Å². The first kappa shape index (κ1) is 18.6. The van der Waals surface area contributed by atoms with Crippen molar-refractivity contribution >= 4 is 11.6 Å². The highest BCUT2D eigenvalue weighted by Crippen LogP contribution is 2.41. The number of piperazine rings is 1. The molecule has 0 bridgehead atoms. The summed E-state index contributed by atoms with van der Waals surface area (Å²) in [6.07, 6.45) is 0.685. The molecule has 0 aromatic heterocycles. The van der Waals surface area contributed by atoms with Crippen LogP contribution in [0.4, 0.5) is 5.69 Å². The number of hydrogen-bond acceptors (Lipinski definition) is 6. The SMILES string of the molecule is COc1cc(N2CCN(C(=O)[C@H]3OCC[C@H]3C)CC2)cc(OC)c1OC. The van der Waals surface area contributed by atoms with Gasteiger partial charge in [0.15, 0.2) is 11.5 Å². The van der Waals surface area contributed by atoms with Gasteiger partial charge in [0.05, 0.1) is 21.3 Å². The highest BCUT2D eigenvalue weighted by molar-refractivity contribution is 5.82. The molecule has 0 saturated carbocycles. The van der Waals surface area contributed by atoms with Crippen LogP contribution in [0.5, 0.6) is 17.2 Å². The smallest absolute Gasteiger partial charge is 0.252 e. The maximum Gasteiger partial charge on any atom is 0.252 e. The number of benzene rings is 1. The second-order valence-corrected chi connectivity index (χ2v) is 6.75. The van der Waals surface area contributed by atoms with E-state index >= 15 is 0 Å². The summed E-state index contributed by atoms with van der Waals surface area (Å²) in [7, 11) is 4.82. The maximum absolute atomic E-state index is 12.7. The number of nitrogens with zero attached hydrogens (tertiary/aromatic N) is 2. The average molecular weight is 364 g/mol. The van der Waals surface area contributed by atoms with Crippen LogP contribution in [0, 0.1) is 5.92 Å². The quantitative estimate of drug-likeness (QED) is 0.794. The minimum absolute atomic E-state index is 0.125. The fourth-order valence-electron chi connectivity index (χ4n) is 3.63. The number of carbonyl (C=O) groups is 1. The van der Waals surface area contributed by atoms with Gasteiger partial charge in [-0.25, -0.2) is 0 Å². The molecule has 1 aromatic rings. The van der Waals surface area contributed by atoms with Crippen LogP contribution >= 0.6 is 0 Å². The lowest BCUT2D eigenvalue weighted by atomic mass is 10.0. The highest BCUT2D eigenvalue weighted by atomic mass is 16.5. The number of amides is 1. The van der Waals surface area contributed by atoms with Gasteiger partial charge >= 0.3 is 0 Å². The average Bonchev–Trinajstić information content (AvgIpc) is 3.12. The normalized spacial score (nSPS) is 23.1. The zero-order valence-corrected chi connectivity index (χ0v) is 16.0. The summed E-state index contributed by atoms with van der Waals surface area (Å²) in [4.78, 5) is 16.8. The third kappa shape index (κ3) is 3.53. The minimum atomic E-state index is -0.275. The van der Waals surface area contributed by atoms with Crippen molar-refractivity contribution in [2.45, 2.75) is 19.4 Å². The molecular formula is C19H28N2O5. The number of carbonyl (C=O) groups excluding carboxylic acids is 1. The molecule has 3 rings (SSSR count). The highest BCUT2D eigenvalue weighted by Gasteiger charge is 2.35. The van der Waals surface area contributed by atoms with Gasteiger partial charge in [-0.1, -0.05) is 6.92 Å². The van der Waals surface area contributed by atoms with E-state index in [9.17, 15) is 4.79 Å². The second kappa shape index (κ2) is 8.03. The van der Waals surface area contributed by atoms with Crippen molar-refractivity contribution < 1.29 is 23.7 Å². The lowest BCUT2D eigenvalue weighted by molar-refractivity contribution is -0.142. The van der Waals surface area contributed by atoms with Gasteiger partial charge in [0.1, 0.15) is 6.10 Å². The Morgan fingerprint density at radius 2 is 1.65 bits per heavy atom. The summed E-state index contributed by atoms with van der Waals surface area (Å²) in [6.45, 7) is 5.64. The molecule has 0 unspecified atom stereocenters. The summed E-state index contributed by atoms with van der Waals surface area (Å²) in [5.74, 6) is 2.28. The Bertz CT molecular complexity index is 618. The zero-order chi connectivity index (χ0) is 18.7. The molecule has 7 nitrogen and oxygen atoms in total. The lowest BCUT2D eigenvalue weighted by Gasteiger charge is -2.37. The Kier molecular flexibility index (Phi) is 5.76. The molecule has 2 saturated heterocycles. The van der Waals surface area contributed by atoms with Crippen molar-refractivity contribution in [1.29, 1.82) is 0 Å². The predicted octanol–water partition coefficient (Wildman–Crippen LogP) is 1.79. The van der Waals surface area contributed by atoms with E-state index in [1.165, 1.54) is 0 Å². The summed E-state index contributed by atoms with van der Waals surface area (Å²) in [5.41, 5.74) is 0.997. The number of rotatable bonds is 5. The van der Waals surface area contributed by atoms with E-state index in [0.29, 0.717) is 42.9 Å². The summed E-state index contributed by atoms with van der Waals surface area (Å²) < 4.78 is 21.9. The molecule has 144 valence electrons. The minimum Gasteiger partial charge on any atom is -0.493 e. The number of ether oxygens (including phenoxy) is 4. The van der Waals surface area contributed by atoms with Crippen molar-refractivity contribution in [2.24, 2.45) is 5.92 Å². The van der Waals surface area contributed by atoms with E-state index in [1.54, 1.807) is 21.3 Å². The van der Waals surface area contributed by atoms with Gasteiger partial charge in [-0.2, -0.15) is 0 Å². The Morgan fingerprint density at radius 3 is 2.12 bits per heavy atom. The van der Waals surface area contributed by atoms with E-state index in [4.69, 9.17) is 18.9 Å². The predicted molar refractivity (Wildman–Crippen MR) is 98.4 cm³/mol. The number of methoxy groups -OCH3 is 3. The molecular weight excluding hydrogens is 336 g/mol.